The molecule has 31 heavy (non-hydrogen) atoms. The summed E-state index contributed by atoms with van der Waals surface area (Å²) in [4.78, 5) is 27.8. The third kappa shape index (κ3) is 4.41. The summed E-state index contributed by atoms with van der Waals surface area (Å²) in [7, 11) is 1.29. The Bertz CT molecular complexity index is 1150. The van der Waals surface area contributed by atoms with Crippen molar-refractivity contribution in [2.45, 2.75) is 5.92 Å². The molecule has 0 aliphatic heterocycles. The van der Waals surface area contributed by atoms with Crippen LogP contribution in [0, 0.1) is 11.8 Å². The number of rotatable bonds is 4. The second-order valence-corrected chi connectivity index (χ2v) is 6.88. The Kier molecular flexibility index (Phi) is 5.95. The van der Waals surface area contributed by atoms with Crippen LogP contribution >= 0.6 is 0 Å². The van der Waals surface area contributed by atoms with Crippen molar-refractivity contribution in [1.29, 1.82) is 0 Å². The maximum absolute atomic E-state index is 12.1. The standard InChI is InChI=1S/C25H20N2O4/c1-30-24(28)23-14-6-8-17(27-23)9-7-15-26-25(29)31-16-22-20-12-4-2-10-18(20)19-11-3-5-13-21(19)22/h2-6,8,10-14,22H,15-16H2,1H3,(H,26,29). The average Bonchev–Trinajstić information content (AvgIpc) is 3.14. The summed E-state index contributed by atoms with van der Waals surface area (Å²) in [6, 6.07) is 21.2. The van der Waals surface area contributed by atoms with Gasteiger partial charge in [-0.15, -0.1) is 0 Å². The molecule has 4 rings (SSSR count). The topological polar surface area (TPSA) is 77.5 Å². The SMILES string of the molecule is COC(=O)c1cccc(C#CCNC(=O)OCC2c3ccccc3-c3ccccc32)n1. The van der Waals surface area contributed by atoms with E-state index in [4.69, 9.17) is 4.74 Å². The molecular weight excluding hydrogens is 392 g/mol. The van der Waals surface area contributed by atoms with Gasteiger partial charge < -0.3 is 14.8 Å². The molecule has 0 atom stereocenters. The maximum atomic E-state index is 12.1. The minimum atomic E-state index is -0.535. The van der Waals surface area contributed by atoms with Crippen LogP contribution in [0.2, 0.25) is 0 Å². The zero-order valence-corrected chi connectivity index (χ0v) is 16.9. The van der Waals surface area contributed by atoms with Crippen molar-refractivity contribution in [3.63, 3.8) is 0 Å². The monoisotopic (exact) mass is 412 g/mol. The van der Waals surface area contributed by atoms with Gasteiger partial charge in [-0.3, -0.25) is 0 Å². The molecule has 0 radical (unpaired) electrons. The molecule has 3 aromatic rings. The van der Waals surface area contributed by atoms with Crippen LogP contribution in [0.25, 0.3) is 11.1 Å². The van der Waals surface area contributed by atoms with Crippen molar-refractivity contribution < 1.29 is 19.1 Å². The van der Waals surface area contributed by atoms with Gasteiger partial charge in [0.05, 0.1) is 13.7 Å². The highest BCUT2D eigenvalue weighted by atomic mass is 16.5. The number of aromatic nitrogens is 1. The predicted molar refractivity (Wildman–Crippen MR) is 116 cm³/mol. The molecule has 1 N–H and O–H groups in total. The van der Waals surface area contributed by atoms with Crippen molar-refractivity contribution in [3.05, 3.63) is 89.2 Å². The van der Waals surface area contributed by atoms with E-state index in [-0.39, 0.29) is 24.8 Å². The number of hydrogen-bond acceptors (Lipinski definition) is 5. The summed E-state index contributed by atoms with van der Waals surface area (Å²) in [5.41, 5.74) is 5.27. The van der Waals surface area contributed by atoms with E-state index in [0.717, 1.165) is 11.1 Å². The van der Waals surface area contributed by atoms with Gasteiger partial charge in [0, 0.05) is 5.92 Å². The fourth-order valence-corrected chi connectivity index (χ4v) is 3.62. The van der Waals surface area contributed by atoms with Crippen molar-refractivity contribution in [3.8, 4) is 23.0 Å². The van der Waals surface area contributed by atoms with Gasteiger partial charge in [-0.1, -0.05) is 60.5 Å². The smallest absolute Gasteiger partial charge is 0.407 e. The molecule has 6 nitrogen and oxygen atoms in total. The second kappa shape index (κ2) is 9.14. The van der Waals surface area contributed by atoms with Crippen LogP contribution in [0.3, 0.4) is 0 Å². The number of methoxy groups -OCH3 is 1. The fourth-order valence-electron chi connectivity index (χ4n) is 3.62. The maximum Gasteiger partial charge on any atom is 0.407 e. The molecule has 1 aliphatic rings. The molecule has 2 aromatic carbocycles. The van der Waals surface area contributed by atoms with Gasteiger partial charge in [-0.25, -0.2) is 14.6 Å². The Balaban J connectivity index is 1.33. The number of pyridine rings is 1. The minimum absolute atomic E-state index is 0.00879. The Labute approximate surface area is 180 Å². The van der Waals surface area contributed by atoms with Gasteiger partial charge in [0.15, 0.2) is 0 Å². The van der Waals surface area contributed by atoms with Gasteiger partial charge in [0.2, 0.25) is 0 Å². The number of esters is 1. The van der Waals surface area contributed by atoms with E-state index in [9.17, 15) is 9.59 Å². The lowest BCUT2D eigenvalue weighted by Gasteiger charge is -2.14. The van der Waals surface area contributed by atoms with E-state index in [2.05, 4.69) is 51.1 Å². The van der Waals surface area contributed by atoms with E-state index in [1.54, 1.807) is 18.2 Å². The number of carbonyl (C=O) groups excluding carboxylic acids is 2. The highest BCUT2D eigenvalue weighted by molar-refractivity contribution is 5.87. The zero-order chi connectivity index (χ0) is 21.6. The quantitative estimate of drug-likeness (QED) is 0.522. The van der Waals surface area contributed by atoms with Crippen molar-refractivity contribution >= 4 is 12.1 Å². The number of amides is 1. The molecule has 1 heterocycles. The first-order valence-corrected chi connectivity index (χ1v) is 9.80. The van der Waals surface area contributed by atoms with E-state index in [1.165, 1.54) is 18.2 Å². The summed E-state index contributed by atoms with van der Waals surface area (Å²) in [5.74, 6) is 5.08. The molecule has 0 unspecified atom stereocenters. The molecule has 1 amide bonds. The summed E-state index contributed by atoms with van der Waals surface area (Å²) in [6.07, 6.45) is -0.535. The van der Waals surface area contributed by atoms with E-state index >= 15 is 0 Å². The first-order valence-electron chi connectivity index (χ1n) is 9.80. The van der Waals surface area contributed by atoms with Crippen LogP contribution in [0.5, 0.6) is 0 Å². The number of hydrogen-bond donors (Lipinski definition) is 1. The minimum Gasteiger partial charge on any atom is -0.464 e. The van der Waals surface area contributed by atoms with Crippen molar-refractivity contribution in [2.24, 2.45) is 0 Å². The molecular formula is C25H20N2O4. The molecule has 0 spiro atoms. The lowest BCUT2D eigenvalue weighted by molar-refractivity contribution is 0.0594. The summed E-state index contributed by atoms with van der Waals surface area (Å²) in [5, 5.41) is 2.62. The normalized spacial score (nSPS) is 11.5. The van der Waals surface area contributed by atoms with E-state index in [1.807, 2.05) is 24.3 Å². The van der Waals surface area contributed by atoms with Crippen molar-refractivity contribution in [2.75, 3.05) is 20.3 Å². The largest absolute Gasteiger partial charge is 0.464 e. The van der Waals surface area contributed by atoms with Crippen LogP contribution in [-0.4, -0.2) is 37.3 Å². The van der Waals surface area contributed by atoms with Gasteiger partial charge in [-0.2, -0.15) is 0 Å². The number of carbonyl (C=O) groups is 2. The lowest BCUT2D eigenvalue weighted by Crippen LogP contribution is -2.26. The molecule has 1 aliphatic carbocycles. The van der Waals surface area contributed by atoms with Gasteiger partial charge in [0.1, 0.15) is 18.0 Å². The number of nitrogens with zero attached hydrogens (tertiary/aromatic N) is 1. The van der Waals surface area contributed by atoms with Crippen LogP contribution in [-0.2, 0) is 9.47 Å². The average molecular weight is 412 g/mol. The predicted octanol–water partition coefficient (Wildman–Crippen LogP) is 3.76. The summed E-state index contributed by atoms with van der Waals surface area (Å²) in [6.45, 7) is 0.344. The van der Waals surface area contributed by atoms with E-state index < -0.39 is 12.1 Å². The molecule has 1 aromatic heterocycles. The highest BCUT2D eigenvalue weighted by Gasteiger charge is 2.28. The van der Waals surface area contributed by atoms with Crippen LogP contribution in [0.15, 0.2) is 66.7 Å². The molecule has 0 saturated heterocycles. The van der Waals surface area contributed by atoms with Gasteiger partial charge in [0.25, 0.3) is 0 Å². The third-order valence-corrected chi connectivity index (χ3v) is 5.02. The van der Waals surface area contributed by atoms with Crippen LogP contribution in [0.4, 0.5) is 4.79 Å². The first-order chi connectivity index (χ1) is 15.2. The van der Waals surface area contributed by atoms with Crippen LogP contribution < -0.4 is 5.32 Å². The number of nitrogens with one attached hydrogen (secondary N) is 1. The Morgan fingerprint density at radius 3 is 2.32 bits per heavy atom. The van der Waals surface area contributed by atoms with E-state index in [0.29, 0.717) is 5.69 Å². The van der Waals surface area contributed by atoms with Gasteiger partial charge in [-0.05, 0) is 40.3 Å². The Hall–Kier alpha value is -4.11. The number of fused-ring (bicyclic) bond motifs is 3. The molecule has 154 valence electrons. The first kappa shape index (κ1) is 20.2. The van der Waals surface area contributed by atoms with Crippen molar-refractivity contribution in [1.82, 2.24) is 10.3 Å². The molecule has 0 saturated carbocycles. The fraction of sp³-hybridized carbons (Fsp3) is 0.160. The number of benzene rings is 2. The Morgan fingerprint density at radius 1 is 0.968 bits per heavy atom. The Morgan fingerprint density at radius 2 is 1.65 bits per heavy atom. The zero-order valence-electron chi connectivity index (χ0n) is 16.9. The summed E-state index contributed by atoms with van der Waals surface area (Å²) < 4.78 is 10.1. The summed E-state index contributed by atoms with van der Waals surface area (Å²) >= 11 is 0. The molecule has 0 bridgehead atoms. The molecule has 0 fully saturated rings. The van der Waals surface area contributed by atoms with Gasteiger partial charge >= 0.3 is 12.1 Å². The third-order valence-electron chi connectivity index (χ3n) is 5.02. The number of alkyl carbamates (subject to hydrolysis) is 1. The number of ether oxygens (including phenoxy) is 2. The second-order valence-electron chi connectivity index (χ2n) is 6.88. The lowest BCUT2D eigenvalue weighted by atomic mass is 9.98. The highest BCUT2D eigenvalue weighted by Crippen LogP contribution is 2.44. The molecule has 6 heteroatoms. The van der Waals surface area contributed by atoms with Crippen LogP contribution in [0.1, 0.15) is 33.2 Å².